The molecular weight excluding hydrogens is 228 g/mol. The molecule has 0 aliphatic heterocycles. The standard InChI is InChI=1S/C13H22N4O/c1-3-10-11(4-2)16-17-13(15-10)18-12-8-6-5-7-9(12)14/h9,12H,3-8,14H2,1-2H3. The normalized spacial score (nSPS) is 23.9. The van der Waals surface area contributed by atoms with Crippen molar-refractivity contribution in [2.24, 2.45) is 5.73 Å². The molecule has 0 spiro atoms. The van der Waals surface area contributed by atoms with Gasteiger partial charge in [0.2, 0.25) is 0 Å². The SMILES string of the molecule is CCc1nnc(OC2CCCCC2N)nc1CC. The lowest BCUT2D eigenvalue weighted by atomic mass is 9.93. The smallest absolute Gasteiger partial charge is 0.336 e. The number of aryl methyl sites for hydroxylation is 2. The average Bonchev–Trinajstić information content (AvgIpc) is 2.41. The minimum atomic E-state index is 0.0396. The number of aromatic nitrogens is 3. The molecule has 0 amide bonds. The molecule has 1 aromatic heterocycles. The lowest BCUT2D eigenvalue weighted by Gasteiger charge is -2.28. The lowest BCUT2D eigenvalue weighted by Crippen LogP contribution is -2.41. The van der Waals surface area contributed by atoms with Crippen LogP contribution in [0.5, 0.6) is 6.01 Å². The van der Waals surface area contributed by atoms with Crippen molar-refractivity contribution >= 4 is 0 Å². The molecule has 100 valence electrons. The number of rotatable bonds is 4. The average molecular weight is 250 g/mol. The minimum Gasteiger partial charge on any atom is -0.457 e. The van der Waals surface area contributed by atoms with Crippen LogP contribution < -0.4 is 10.5 Å². The third-order valence-corrected chi connectivity index (χ3v) is 3.50. The Labute approximate surface area is 108 Å². The summed E-state index contributed by atoms with van der Waals surface area (Å²) in [6, 6.07) is 0.477. The Balaban J connectivity index is 2.08. The first-order valence-electron chi connectivity index (χ1n) is 6.89. The molecule has 2 rings (SSSR count). The third kappa shape index (κ3) is 2.96. The number of hydrogen-bond donors (Lipinski definition) is 1. The van der Waals surface area contributed by atoms with E-state index in [-0.39, 0.29) is 12.1 Å². The van der Waals surface area contributed by atoms with Gasteiger partial charge in [-0.15, -0.1) is 5.10 Å². The Morgan fingerprint density at radius 1 is 1.11 bits per heavy atom. The third-order valence-electron chi connectivity index (χ3n) is 3.50. The van der Waals surface area contributed by atoms with Gasteiger partial charge in [0.25, 0.3) is 0 Å². The lowest BCUT2D eigenvalue weighted by molar-refractivity contribution is 0.118. The van der Waals surface area contributed by atoms with E-state index in [1.807, 2.05) is 0 Å². The molecule has 5 heteroatoms. The van der Waals surface area contributed by atoms with E-state index in [0.29, 0.717) is 6.01 Å². The van der Waals surface area contributed by atoms with Crippen LogP contribution in [0, 0.1) is 0 Å². The topological polar surface area (TPSA) is 73.9 Å². The van der Waals surface area contributed by atoms with Gasteiger partial charge in [0.05, 0.1) is 11.4 Å². The van der Waals surface area contributed by atoms with Gasteiger partial charge < -0.3 is 10.5 Å². The Morgan fingerprint density at radius 2 is 1.83 bits per heavy atom. The maximum atomic E-state index is 6.05. The van der Waals surface area contributed by atoms with E-state index in [4.69, 9.17) is 10.5 Å². The second kappa shape index (κ2) is 6.09. The van der Waals surface area contributed by atoms with Crippen LogP contribution in [0.15, 0.2) is 0 Å². The molecule has 1 fully saturated rings. The highest BCUT2D eigenvalue weighted by Crippen LogP contribution is 2.21. The van der Waals surface area contributed by atoms with Crippen LogP contribution in [0.1, 0.15) is 50.9 Å². The maximum absolute atomic E-state index is 6.05. The van der Waals surface area contributed by atoms with Crippen LogP contribution in [-0.4, -0.2) is 27.3 Å². The molecule has 1 aliphatic rings. The van der Waals surface area contributed by atoms with Gasteiger partial charge in [-0.2, -0.15) is 4.98 Å². The monoisotopic (exact) mass is 250 g/mol. The molecule has 2 unspecified atom stereocenters. The van der Waals surface area contributed by atoms with Crippen molar-refractivity contribution in [3.8, 4) is 6.01 Å². The van der Waals surface area contributed by atoms with Crippen LogP contribution >= 0.6 is 0 Å². The van der Waals surface area contributed by atoms with Gasteiger partial charge in [0.1, 0.15) is 6.10 Å². The molecule has 2 atom stereocenters. The van der Waals surface area contributed by atoms with E-state index in [9.17, 15) is 0 Å². The Kier molecular flexibility index (Phi) is 4.47. The van der Waals surface area contributed by atoms with E-state index >= 15 is 0 Å². The number of nitrogens with zero attached hydrogens (tertiary/aromatic N) is 3. The van der Waals surface area contributed by atoms with Gasteiger partial charge in [-0.1, -0.05) is 25.4 Å². The second-order valence-electron chi connectivity index (χ2n) is 4.80. The summed E-state index contributed by atoms with van der Waals surface area (Å²) in [6.07, 6.45) is 6.11. The van der Waals surface area contributed by atoms with Crippen LogP contribution in [0.25, 0.3) is 0 Å². The van der Waals surface area contributed by atoms with Gasteiger partial charge in [0.15, 0.2) is 0 Å². The Morgan fingerprint density at radius 3 is 2.50 bits per heavy atom. The molecule has 18 heavy (non-hydrogen) atoms. The first kappa shape index (κ1) is 13.2. The van der Waals surface area contributed by atoms with Gasteiger partial charge >= 0.3 is 6.01 Å². The van der Waals surface area contributed by atoms with Gasteiger partial charge in [-0.05, 0) is 32.1 Å². The fourth-order valence-electron chi connectivity index (χ4n) is 2.38. The summed E-state index contributed by atoms with van der Waals surface area (Å²) >= 11 is 0. The quantitative estimate of drug-likeness (QED) is 0.879. The zero-order valence-electron chi connectivity index (χ0n) is 11.2. The van der Waals surface area contributed by atoms with Crippen molar-refractivity contribution in [2.75, 3.05) is 0 Å². The van der Waals surface area contributed by atoms with E-state index in [2.05, 4.69) is 29.0 Å². The summed E-state index contributed by atoms with van der Waals surface area (Å²) < 4.78 is 5.80. The summed E-state index contributed by atoms with van der Waals surface area (Å²) in [7, 11) is 0. The summed E-state index contributed by atoms with van der Waals surface area (Å²) in [5, 5.41) is 8.23. The first-order chi connectivity index (χ1) is 8.74. The molecule has 0 aromatic carbocycles. The predicted octanol–water partition coefficient (Wildman–Crippen LogP) is 1.65. The Hall–Kier alpha value is -1.23. The van der Waals surface area contributed by atoms with Crippen molar-refractivity contribution in [1.29, 1.82) is 0 Å². The largest absolute Gasteiger partial charge is 0.457 e. The van der Waals surface area contributed by atoms with E-state index in [1.165, 1.54) is 12.8 Å². The van der Waals surface area contributed by atoms with Crippen LogP contribution in [0.4, 0.5) is 0 Å². The van der Waals surface area contributed by atoms with E-state index in [1.54, 1.807) is 0 Å². The molecule has 0 saturated heterocycles. The predicted molar refractivity (Wildman–Crippen MR) is 69.4 cm³/mol. The number of ether oxygens (including phenoxy) is 1. The zero-order chi connectivity index (χ0) is 13.0. The van der Waals surface area contributed by atoms with Crippen molar-refractivity contribution in [1.82, 2.24) is 15.2 Å². The molecule has 1 aromatic rings. The highest BCUT2D eigenvalue weighted by atomic mass is 16.5. The minimum absolute atomic E-state index is 0.0396. The summed E-state index contributed by atoms with van der Waals surface area (Å²) in [5.74, 6) is 0. The van der Waals surface area contributed by atoms with E-state index < -0.39 is 0 Å². The number of hydrogen-bond acceptors (Lipinski definition) is 5. The number of nitrogens with two attached hydrogens (primary N) is 1. The summed E-state index contributed by atoms with van der Waals surface area (Å²) in [5.41, 5.74) is 7.99. The molecule has 1 aliphatic carbocycles. The van der Waals surface area contributed by atoms with Crippen LogP contribution in [0.3, 0.4) is 0 Å². The summed E-state index contributed by atoms with van der Waals surface area (Å²) in [6.45, 7) is 4.13. The van der Waals surface area contributed by atoms with Gasteiger partial charge in [-0.3, -0.25) is 0 Å². The molecule has 5 nitrogen and oxygen atoms in total. The van der Waals surface area contributed by atoms with Crippen molar-refractivity contribution in [2.45, 2.75) is 64.5 Å². The zero-order valence-corrected chi connectivity index (χ0v) is 11.2. The molecular formula is C13H22N4O. The van der Waals surface area contributed by atoms with E-state index in [0.717, 1.165) is 37.1 Å². The second-order valence-corrected chi connectivity index (χ2v) is 4.80. The highest BCUT2D eigenvalue weighted by Gasteiger charge is 2.24. The van der Waals surface area contributed by atoms with Crippen molar-refractivity contribution in [3.63, 3.8) is 0 Å². The van der Waals surface area contributed by atoms with Gasteiger partial charge in [0, 0.05) is 6.04 Å². The maximum Gasteiger partial charge on any atom is 0.336 e. The van der Waals surface area contributed by atoms with Crippen molar-refractivity contribution in [3.05, 3.63) is 11.4 Å². The molecule has 0 radical (unpaired) electrons. The van der Waals surface area contributed by atoms with Gasteiger partial charge in [-0.25, -0.2) is 0 Å². The molecule has 0 bridgehead atoms. The van der Waals surface area contributed by atoms with Crippen LogP contribution in [0.2, 0.25) is 0 Å². The highest BCUT2D eigenvalue weighted by molar-refractivity contribution is 5.12. The summed E-state index contributed by atoms with van der Waals surface area (Å²) in [4.78, 5) is 4.44. The molecule has 1 heterocycles. The molecule has 2 N–H and O–H groups in total. The fourth-order valence-corrected chi connectivity index (χ4v) is 2.38. The Bertz CT molecular complexity index is 397. The van der Waals surface area contributed by atoms with Crippen LogP contribution in [-0.2, 0) is 12.8 Å². The fraction of sp³-hybridized carbons (Fsp3) is 0.769. The first-order valence-corrected chi connectivity index (χ1v) is 6.89. The molecule has 1 saturated carbocycles. The van der Waals surface area contributed by atoms with Crippen molar-refractivity contribution < 1.29 is 4.74 Å².